The second-order valence-electron chi connectivity index (χ2n) is 7.31. The molecular weight excluding hydrogens is 388 g/mol. The molecule has 3 aromatic heterocycles. The van der Waals surface area contributed by atoms with Crippen molar-refractivity contribution in [3.63, 3.8) is 0 Å². The molecular formula is C21H13ClN6O. The number of nitrogens with one attached hydrogen (secondary N) is 1. The van der Waals surface area contributed by atoms with Gasteiger partial charge in [0.25, 0.3) is 5.56 Å². The lowest BCUT2D eigenvalue weighted by atomic mass is 10.1. The molecule has 0 saturated heterocycles. The number of halogens is 1. The van der Waals surface area contributed by atoms with Gasteiger partial charge in [-0.25, -0.2) is 0 Å². The average molecular weight is 401 g/mol. The molecule has 1 saturated carbocycles. The molecule has 29 heavy (non-hydrogen) atoms. The minimum absolute atomic E-state index is 0.221. The summed E-state index contributed by atoms with van der Waals surface area (Å²) in [4.78, 5) is 13.6. The van der Waals surface area contributed by atoms with Crippen molar-refractivity contribution in [3.05, 3.63) is 63.7 Å². The maximum absolute atomic E-state index is 13.6. The molecule has 1 fully saturated rings. The molecule has 5 aromatic rings. The predicted molar refractivity (Wildman–Crippen MR) is 110 cm³/mol. The van der Waals surface area contributed by atoms with E-state index in [1.165, 1.54) is 0 Å². The van der Waals surface area contributed by atoms with Crippen molar-refractivity contribution in [2.45, 2.75) is 18.9 Å². The summed E-state index contributed by atoms with van der Waals surface area (Å²) in [6.07, 6.45) is 5.73. The van der Waals surface area contributed by atoms with Gasteiger partial charge >= 0.3 is 0 Å². The first-order chi connectivity index (χ1) is 14.2. The topological polar surface area (TPSA) is 92.3 Å². The highest BCUT2D eigenvalue weighted by Gasteiger charge is 2.26. The number of nitrogens with zero attached hydrogens (tertiary/aromatic N) is 5. The molecule has 0 spiro atoms. The van der Waals surface area contributed by atoms with Crippen molar-refractivity contribution in [1.29, 1.82) is 5.26 Å². The van der Waals surface area contributed by atoms with Crippen LogP contribution in [-0.4, -0.2) is 24.5 Å². The molecule has 7 nitrogen and oxygen atoms in total. The Morgan fingerprint density at radius 3 is 2.86 bits per heavy atom. The zero-order chi connectivity index (χ0) is 19.7. The smallest absolute Gasteiger partial charge is 0.278 e. The Kier molecular flexibility index (Phi) is 3.20. The summed E-state index contributed by atoms with van der Waals surface area (Å²) in [7, 11) is 0. The van der Waals surface area contributed by atoms with Gasteiger partial charge in [-0.15, -0.1) is 0 Å². The Morgan fingerprint density at radius 2 is 2.07 bits per heavy atom. The summed E-state index contributed by atoms with van der Waals surface area (Å²) < 4.78 is 3.49. The van der Waals surface area contributed by atoms with Crippen LogP contribution in [0.2, 0.25) is 5.02 Å². The molecule has 0 unspecified atom stereocenters. The largest absolute Gasteiger partial charge is 0.284 e. The SMILES string of the molecule is N#Cc1cc2c3cn(C4CC4)nc3c(=O)n(-c3cccc4[nH]ncc34)c2cc1Cl. The van der Waals surface area contributed by atoms with Crippen molar-refractivity contribution >= 4 is 44.3 Å². The van der Waals surface area contributed by atoms with Crippen LogP contribution in [0.25, 0.3) is 38.4 Å². The van der Waals surface area contributed by atoms with Crippen LogP contribution in [-0.2, 0) is 0 Å². The van der Waals surface area contributed by atoms with Gasteiger partial charge in [-0.05, 0) is 37.1 Å². The third kappa shape index (κ3) is 2.27. The first-order valence-electron chi connectivity index (χ1n) is 9.25. The molecule has 1 N–H and O–H groups in total. The number of rotatable bonds is 2. The van der Waals surface area contributed by atoms with Gasteiger partial charge in [0.15, 0.2) is 5.52 Å². The van der Waals surface area contributed by atoms with Crippen LogP contribution in [0.15, 0.2) is 47.5 Å². The average Bonchev–Trinajstić information content (AvgIpc) is 3.28. The normalized spacial score (nSPS) is 14.1. The summed E-state index contributed by atoms with van der Waals surface area (Å²) in [6, 6.07) is 11.5. The molecule has 0 atom stereocenters. The van der Waals surface area contributed by atoms with Crippen LogP contribution in [0, 0.1) is 11.3 Å². The Labute approximate surface area is 168 Å². The van der Waals surface area contributed by atoms with Gasteiger partial charge in [0.05, 0.1) is 39.5 Å². The highest BCUT2D eigenvalue weighted by atomic mass is 35.5. The number of nitriles is 1. The summed E-state index contributed by atoms with van der Waals surface area (Å²) in [6.45, 7) is 0. The van der Waals surface area contributed by atoms with Crippen LogP contribution in [0.1, 0.15) is 24.4 Å². The number of aromatic nitrogens is 5. The van der Waals surface area contributed by atoms with Crippen LogP contribution < -0.4 is 5.56 Å². The van der Waals surface area contributed by atoms with Crippen LogP contribution in [0.3, 0.4) is 0 Å². The van der Waals surface area contributed by atoms with Gasteiger partial charge in [0.1, 0.15) is 6.07 Å². The first kappa shape index (κ1) is 16.3. The number of aromatic amines is 1. The Bertz CT molecular complexity index is 1560. The van der Waals surface area contributed by atoms with Gasteiger partial charge in [-0.3, -0.25) is 19.1 Å². The van der Waals surface area contributed by atoms with E-state index in [0.717, 1.165) is 34.5 Å². The first-order valence-corrected chi connectivity index (χ1v) is 9.63. The number of benzene rings is 2. The molecule has 1 aliphatic rings. The van der Waals surface area contributed by atoms with E-state index >= 15 is 0 Å². The lowest BCUT2D eigenvalue weighted by Crippen LogP contribution is -2.20. The van der Waals surface area contributed by atoms with E-state index in [-0.39, 0.29) is 5.56 Å². The fourth-order valence-corrected chi connectivity index (χ4v) is 4.12. The van der Waals surface area contributed by atoms with Crippen molar-refractivity contribution < 1.29 is 0 Å². The third-order valence-corrected chi connectivity index (χ3v) is 5.81. The van der Waals surface area contributed by atoms with Crippen molar-refractivity contribution in [3.8, 4) is 11.8 Å². The van der Waals surface area contributed by atoms with E-state index in [4.69, 9.17) is 11.6 Å². The van der Waals surface area contributed by atoms with Crippen molar-refractivity contribution in [1.82, 2.24) is 24.5 Å². The quantitative estimate of drug-likeness (QED) is 0.483. The molecule has 8 heteroatoms. The molecule has 1 aliphatic carbocycles. The maximum atomic E-state index is 13.6. The van der Waals surface area contributed by atoms with Crippen molar-refractivity contribution in [2.75, 3.05) is 0 Å². The molecule has 3 heterocycles. The van der Waals surface area contributed by atoms with Crippen molar-refractivity contribution in [2.24, 2.45) is 0 Å². The molecule has 6 rings (SSSR count). The minimum Gasteiger partial charge on any atom is -0.278 e. The second-order valence-corrected chi connectivity index (χ2v) is 7.72. The lowest BCUT2D eigenvalue weighted by molar-refractivity contribution is 0.648. The van der Waals surface area contributed by atoms with E-state index in [1.54, 1.807) is 22.9 Å². The number of hydrogen-bond donors (Lipinski definition) is 1. The Balaban J connectivity index is 1.83. The summed E-state index contributed by atoms with van der Waals surface area (Å²) in [5.41, 5.74) is 2.68. The fraction of sp³-hybridized carbons (Fsp3) is 0.143. The maximum Gasteiger partial charge on any atom is 0.284 e. The molecule has 0 amide bonds. The van der Waals surface area contributed by atoms with Gasteiger partial charge in [-0.2, -0.15) is 15.5 Å². The van der Waals surface area contributed by atoms with E-state index in [2.05, 4.69) is 21.4 Å². The van der Waals surface area contributed by atoms with Gasteiger partial charge < -0.3 is 0 Å². The highest BCUT2D eigenvalue weighted by molar-refractivity contribution is 6.32. The zero-order valence-corrected chi connectivity index (χ0v) is 15.8. The molecule has 140 valence electrons. The highest BCUT2D eigenvalue weighted by Crippen LogP contribution is 2.37. The summed E-state index contributed by atoms with van der Waals surface area (Å²) in [5, 5.41) is 23.8. The molecule has 0 radical (unpaired) electrons. The number of fused-ring (bicyclic) bond motifs is 4. The van der Waals surface area contributed by atoms with E-state index in [0.29, 0.717) is 33.3 Å². The number of hydrogen-bond acceptors (Lipinski definition) is 4. The molecule has 2 aromatic carbocycles. The lowest BCUT2D eigenvalue weighted by Gasteiger charge is -2.13. The van der Waals surface area contributed by atoms with Crippen LogP contribution in [0.5, 0.6) is 0 Å². The Morgan fingerprint density at radius 1 is 1.21 bits per heavy atom. The van der Waals surface area contributed by atoms with Crippen LogP contribution >= 0.6 is 11.6 Å². The minimum atomic E-state index is -0.221. The third-order valence-electron chi connectivity index (χ3n) is 5.50. The molecule has 0 aliphatic heterocycles. The van der Waals surface area contributed by atoms with Gasteiger partial charge in [0, 0.05) is 22.4 Å². The van der Waals surface area contributed by atoms with Crippen LogP contribution in [0.4, 0.5) is 0 Å². The second kappa shape index (κ2) is 5.69. The van der Waals surface area contributed by atoms with E-state index in [9.17, 15) is 10.1 Å². The standard InChI is InChI=1S/C21H13ClN6O/c22-16-7-19-13(6-11(16)8-23)15-10-27(12-4-5-12)26-20(15)21(29)28(19)18-3-1-2-17-14(18)9-24-25-17/h1-3,6-7,9-10,12H,4-5H2,(H,24,25). The zero-order valence-electron chi connectivity index (χ0n) is 15.1. The number of H-pyrrole nitrogens is 1. The fourth-order valence-electron chi connectivity index (χ4n) is 3.92. The summed E-state index contributed by atoms with van der Waals surface area (Å²) in [5.74, 6) is 0. The van der Waals surface area contributed by atoms with Gasteiger partial charge in [-0.1, -0.05) is 17.7 Å². The van der Waals surface area contributed by atoms with Gasteiger partial charge in [0.2, 0.25) is 0 Å². The van der Waals surface area contributed by atoms with E-state index in [1.807, 2.05) is 29.1 Å². The van der Waals surface area contributed by atoms with E-state index < -0.39 is 0 Å². The Hall–Kier alpha value is -3.63. The summed E-state index contributed by atoms with van der Waals surface area (Å²) >= 11 is 6.35. The number of pyridine rings is 1. The predicted octanol–water partition coefficient (Wildman–Crippen LogP) is 4.08. The monoisotopic (exact) mass is 400 g/mol. The molecule has 0 bridgehead atoms.